The summed E-state index contributed by atoms with van der Waals surface area (Å²) in [4.78, 5) is 0. The van der Waals surface area contributed by atoms with Gasteiger partial charge in [0.25, 0.3) is 0 Å². The van der Waals surface area contributed by atoms with Gasteiger partial charge < -0.3 is 5.73 Å². The molecule has 0 saturated heterocycles. The predicted molar refractivity (Wildman–Crippen MR) is 47.1 cm³/mol. The molecule has 0 atom stereocenters. The molecule has 0 bridgehead atoms. The molecule has 3 nitrogen and oxygen atoms in total. The normalized spacial score (nSPS) is 32.7. The van der Waals surface area contributed by atoms with Crippen LogP contribution in [-0.4, -0.2) is 31.2 Å². The van der Waals surface area contributed by atoms with E-state index in [9.17, 15) is 0 Å². The standard InChI is InChI=1S/C8H19N3/c1-11(2)10-8-5-3-7(9)4-6-8/h7-8,10H,3-6,9H2,1-2H3. The van der Waals surface area contributed by atoms with Gasteiger partial charge in [-0.05, 0) is 25.7 Å². The Hall–Kier alpha value is -0.120. The molecule has 1 aliphatic carbocycles. The van der Waals surface area contributed by atoms with Gasteiger partial charge in [-0.1, -0.05) is 0 Å². The molecule has 0 unspecified atom stereocenters. The molecule has 0 aromatic carbocycles. The minimum absolute atomic E-state index is 0.454. The van der Waals surface area contributed by atoms with Gasteiger partial charge in [0.2, 0.25) is 0 Å². The number of rotatable bonds is 2. The maximum atomic E-state index is 5.79. The lowest BCUT2D eigenvalue weighted by molar-refractivity contribution is 0.201. The highest BCUT2D eigenvalue weighted by Gasteiger charge is 2.17. The van der Waals surface area contributed by atoms with E-state index in [0.717, 1.165) is 0 Å². The van der Waals surface area contributed by atoms with Gasteiger partial charge in [0, 0.05) is 26.2 Å². The zero-order valence-corrected chi connectivity index (χ0v) is 7.51. The zero-order chi connectivity index (χ0) is 8.27. The van der Waals surface area contributed by atoms with Crippen LogP contribution < -0.4 is 11.2 Å². The first-order valence-electron chi connectivity index (χ1n) is 4.37. The largest absolute Gasteiger partial charge is 0.328 e. The Kier molecular flexibility index (Phi) is 3.30. The monoisotopic (exact) mass is 157 g/mol. The highest BCUT2D eigenvalue weighted by atomic mass is 15.5. The Labute approximate surface area is 68.9 Å². The van der Waals surface area contributed by atoms with Crippen LogP contribution in [0.25, 0.3) is 0 Å². The van der Waals surface area contributed by atoms with Crippen LogP contribution >= 0.6 is 0 Å². The van der Waals surface area contributed by atoms with Gasteiger partial charge in [-0.3, -0.25) is 10.4 Å². The molecule has 0 heterocycles. The van der Waals surface area contributed by atoms with E-state index < -0.39 is 0 Å². The van der Waals surface area contributed by atoms with Gasteiger partial charge in [0.05, 0.1) is 0 Å². The second-order valence-corrected chi connectivity index (χ2v) is 3.64. The third-order valence-electron chi connectivity index (χ3n) is 2.21. The molecule has 1 saturated carbocycles. The van der Waals surface area contributed by atoms with E-state index in [4.69, 9.17) is 5.73 Å². The molecule has 0 aromatic rings. The first-order chi connectivity index (χ1) is 5.18. The van der Waals surface area contributed by atoms with E-state index in [1.165, 1.54) is 25.7 Å². The smallest absolute Gasteiger partial charge is 0.0216 e. The van der Waals surface area contributed by atoms with Crippen molar-refractivity contribution in [2.24, 2.45) is 5.73 Å². The molecule has 0 spiro atoms. The molecule has 66 valence electrons. The van der Waals surface area contributed by atoms with E-state index in [1.54, 1.807) is 0 Å². The topological polar surface area (TPSA) is 41.3 Å². The van der Waals surface area contributed by atoms with E-state index >= 15 is 0 Å². The van der Waals surface area contributed by atoms with Crippen LogP contribution in [0.15, 0.2) is 0 Å². The second kappa shape index (κ2) is 4.04. The maximum Gasteiger partial charge on any atom is 0.0216 e. The van der Waals surface area contributed by atoms with Crippen molar-refractivity contribution in [1.82, 2.24) is 10.4 Å². The Balaban J connectivity index is 2.17. The first-order valence-corrected chi connectivity index (χ1v) is 4.37. The second-order valence-electron chi connectivity index (χ2n) is 3.64. The summed E-state index contributed by atoms with van der Waals surface area (Å²) in [5.74, 6) is 0. The molecule has 3 heteroatoms. The molecule has 1 rings (SSSR count). The van der Waals surface area contributed by atoms with Crippen molar-refractivity contribution in [3.05, 3.63) is 0 Å². The summed E-state index contributed by atoms with van der Waals surface area (Å²) < 4.78 is 0. The number of hydrogen-bond acceptors (Lipinski definition) is 3. The van der Waals surface area contributed by atoms with Crippen molar-refractivity contribution >= 4 is 0 Å². The van der Waals surface area contributed by atoms with E-state index in [0.29, 0.717) is 12.1 Å². The van der Waals surface area contributed by atoms with Crippen molar-refractivity contribution < 1.29 is 0 Å². The fraction of sp³-hybridized carbons (Fsp3) is 1.00. The number of nitrogens with two attached hydrogens (primary N) is 1. The number of nitrogens with one attached hydrogen (secondary N) is 1. The van der Waals surface area contributed by atoms with Gasteiger partial charge in [0.15, 0.2) is 0 Å². The molecule has 0 aliphatic heterocycles. The number of hydrogen-bond donors (Lipinski definition) is 2. The number of nitrogens with zero attached hydrogens (tertiary/aromatic N) is 1. The van der Waals surface area contributed by atoms with Gasteiger partial charge >= 0.3 is 0 Å². The summed E-state index contributed by atoms with van der Waals surface area (Å²) in [5.41, 5.74) is 9.17. The summed E-state index contributed by atoms with van der Waals surface area (Å²) in [6.45, 7) is 0. The Bertz CT molecular complexity index is 106. The molecule has 0 amide bonds. The molecule has 3 N–H and O–H groups in total. The third kappa shape index (κ3) is 3.18. The molecular formula is C8H19N3. The minimum Gasteiger partial charge on any atom is -0.328 e. The molecule has 1 fully saturated rings. The van der Waals surface area contributed by atoms with Crippen LogP contribution in [0.3, 0.4) is 0 Å². The van der Waals surface area contributed by atoms with Crippen molar-refractivity contribution in [2.75, 3.05) is 14.1 Å². The van der Waals surface area contributed by atoms with Crippen LogP contribution in [0.2, 0.25) is 0 Å². The van der Waals surface area contributed by atoms with Crippen molar-refractivity contribution in [3.63, 3.8) is 0 Å². The summed E-state index contributed by atoms with van der Waals surface area (Å²) in [7, 11) is 4.07. The van der Waals surface area contributed by atoms with Crippen LogP contribution in [0.1, 0.15) is 25.7 Å². The van der Waals surface area contributed by atoms with Crippen LogP contribution in [-0.2, 0) is 0 Å². The van der Waals surface area contributed by atoms with Crippen molar-refractivity contribution in [2.45, 2.75) is 37.8 Å². The average molecular weight is 157 g/mol. The lowest BCUT2D eigenvalue weighted by atomic mass is 9.92. The van der Waals surface area contributed by atoms with Gasteiger partial charge in [0.1, 0.15) is 0 Å². The Morgan fingerprint density at radius 1 is 1.18 bits per heavy atom. The first kappa shape index (κ1) is 8.97. The van der Waals surface area contributed by atoms with E-state index in [2.05, 4.69) is 5.43 Å². The van der Waals surface area contributed by atoms with Crippen LogP contribution in [0, 0.1) is 0 Å². The molecule has 0 aromatic heterocycles. The molecule has 11 heavy (non-hydrogen) atoms. The average Bonchev–Trinajstić information content (AvgIpc) is 1.93. The maximum absolute atomic E-state index is 5.79. The van der Waals surface area contributed by atoms with Crippen LogP contribution in [0.5, 0.6) is 0 Å². The van der Waals surface area contributed by atoms with Crippen molar-refractivity contribution in [1.29, 1.82) is 0 Å². The fourth-order valence-corrected chi connectivity index (χ4v) is 1.61. The molecular weight excluding hydrogens is 138 g/mol. The zero-order valence-electron chi connectivity index (χ0n) is 7.51. The highest BCUT2D eigenvalue weighted by Crippen LogP contribution is 2.16. The predicted octanol–water partition coefficient (Wildman–Crippen LogP) is 0.322. The lowest BCUT2D eigenvalue weighted by Gasteiger charge is -2.29. The van der Waals surface area contributed by atoms with Crippen molar-refractivity contribution in [3.8, 4) is 0 Å². The summed E-state index contributed by atoms with van der Waals surface area (Å²) in [6.07, 6.45) is 4.79. The molecule has 0 radical (unpaired) electrons. The Morgan fingerprint density at radius 2 is 1.73 bits per heavy atom. The van der Waals surface area contributed by atoms with E-state index in [-0.39, 0.29) is 0 Å². The quantitative estimate of drug-likeness (QED) is 0.567. The molecule has 1 aliphatic rings. The number of hydrazine groups is 1. The van der Waals surface area contributed by atoms with E-state index in [1.807, 2.05) is 19.1 Å². The van der Waals surface area contributed by atoms with Gasteiger partial charge in [-0.15, -0.1) is 0 Å². The Morgan fingerprint density at radius 3 is 2.18 bits per heavy atom. The summed E-state index contributed by atoms with van der Waals surface area (Å²) in [6, 6.07) is 1.11. The lowest BCUT2D eigenvalue weighted by Crippen LogP contribution is -2.43. The summed E-state index contributed by atoms with van der Waals surface area (Å²) in [5, 5.41) is 2.03. The SMILES string of the molecule is CN(C)NC1CCC(N)CC1. The fourth-order valence-electron chi connectivity index (χ4n) is 1.61. The minimum atomic E-state index is 0.454. The summed E-state index contributed by atoms with van der Waals surface area (Å²) >= 11 is 0. The van der Waals surface area contributed by atoms with Gasteiger partial charge in [-0.2, -0.15) is 0 Å². The van der Waals surface area contributed by atoms with Crippen LogP contribution in [0.4, 0.5) is 0 Å². The third-order valence-corrected chi connectivity index (χ3v) is 2.21. The highest BCUT2D eigenvalue weighted by molar-refractivity contribution is 4.77. The van der Waals surface area contributed by atoms with Gasteiger partial charge in [-0.25, -0.2) is 0 Å².